The number of ether oxygens (including phenoxy) is 15. The van der Waals surface area contributed by atoms with Gasteiger partial charge in [-0.2, -0.15) is 0 Å². The van der Waals surface area contributed by atoms with E-state index in [0.717, 1.165) is 13.8 Å². The van der Waals surface area contributed by atoms with Crippen molar-refractivity contribution in [2.75, 3.05) is 52.9 Å². The molecule has 40 atom stereocenters. The van der Waals surface area contributed by atoms with Crippen LogP contribution in [-0.2, 0) is 80.6 Å². The van der Waals surface area contributed by atoms with Gasteiger partial charge in [0.05, 0.1) is 52.9 Å². The van der Waals surface area contributed by atoms with Gasteiger partial charge in [-0.1, -0.05) is 0 Å². The van der Waals surface area contributed by atoms with Crippen molar-refractivity contribution in [3.63, 3.8) is 0 Å². The zero-order valence-corrected chi connectivity index (χ0v) is 50.4. The van der Waals surface area contributed by atoms with Gasteiger partial charge in [-0.3, -0.25) is 9.59 Å². The van der Waals surface area contributed by atoms with Gasteiger partial charge < -0.3 is 204 Å². The minimum absolute atomic E-state index is 0.895. The van der Waals surface area contributed by atoms with Crippen LogP contribution in [0.5, 0.6) is 0 Å². The SMILES string of the molecule is CC(=O)N[C@H]1[C@H](OC[C@H]2O[C@@H](O[C@H]3[C@H](O)[C@@H](O)[C@H](O)O[C@@H]3CO)[C@H](O)[C@@H](O[C@@H]3O[C@H](CO)[C@@H](O[C@@H]4O[C@H](CO)[C@H](O)[C@H](O[C@H]5O[C@H](CO)[C@H](O)[C@H](O)[C@H]5O)[C@H]4O)[C@H](O)[C@H]3NC(C)=O)[C@H]2O)O[C@H](CO)[C@@H](O[C@@H]2O[C@H](CO)[C@H](O)[C@H](O[C@H]3O[C@H](CO)[C@H](O)[C@H](O)[C@H]3O)[C@H]2O)[C@@H]1O. The molecular formula is C52H88N2O41. The number of carbonyl (C=O) groups is 2. The molecule has 8 aliphatic rings. The van der Waals surface area contributed by atoms with E-state index in [9.17, 15) is 132 Å². The molecule has 8 fully saturated rings. The Balaban J connectivity index is 1.03. The van der Waals surface area contributed by atoms with Crippen molar-refractivity contribution in [3.8, 4) is 0 Å². The molecule has 0 saturated carbocycles. The summed E-state index contributed by atoms with van der Waals surface area (Å²) in [6.45, 7) is -6.29. The van der Waals surface area contributed by atoms with Gasteiger partial charge in [0, 0.05) is 13.8 Å². The Bertz CT molecular complexity index is 2380. The Labute approximate surface area is 536 Å². The molecule has 8 saturated heterocycles. The van der Waals surface area contributed by atoms with Gasteiger partial charge in [-0.05, 0) is 0 Å². The predicted molar refractivity (Wildman–Crippen MR) is 288 cm³/mol. The number of aliphatic hydroxyl groups excluding tert-OH is 24. The molecule has 0 radical (unpaired) electrons. The maximum atomic E-state index is 12.9. The van der Waals surface area contributed by atoms with Crippen molar-refractivity contribution < 1.29 is 203 Å². The molecular weight excluding hydrogens is 1310 g/mol. The molecule has 0 aromatic heterocycles. The zero-order valence-electron chi connectivity index (χ0n) is 50.4. The van der Waals surface area contributed by atoms with Crippen LogP contribution in [0.15, 0.2) is 0 Å². The Kier molecular flexibility index (Phi) is 27.9. The first-order valence-electron chi connectivity index (χ1n) is 30.1. The normalized spacial score (nSPS) is 50.8. The Morgan fingerprint density at radius 1 is 0.274 bits per heavy atom. The minimum atomic E-state index is -2.37. The molecule has 26 N–H and O–H groups in total. The number of carbonyl (C=O) groups excluding carboxylic acids is 2. The topological polar surface area (TPSA) is 682 Å². The van der Waals surface area contributed by atoms with E-state index in [1.54, 1.807) is 0 Å². The number of nitrogens with one attached hydrogen (secondary N) is 2. The third kappa shape index (κ3) is 16.8. The van der Waals surface area contributed by atoms with Gasteiger partial charge in [-0.25, -0.2) is 0 Å². The lowest BCUT2D eigenvalue weighted by molar-refractivity contribution is -0.389. The van der Waals surface area contributed by atoms with Gasteiger partial charge >= 0.3 is 0 Å². The summed E-state index contributed by atoms with van der Waals surface area (Å²) >= 11 is 0. The summed E-state index contributed by atoms with van der Waals surface area (Å²) in [6, 6.07) is -3.76. The fraction of sp³-hybridized carbons (Fsp3) is 0.962. The van der Waals surface area contributed by atoms with Crippen molar-refractivity contribution in [2.24, 2.45) is 0 Å². The van der Waals surface area contributed by atoms with Gasteiger partial charge in [0.25, 0.3) is 0 Å². The predicted octanol–water partition coefficient (Wildman–Crippen LogP) is -18.2. The highest BCUT2D eigenvalue weighted by molar-refractivity contribution is 5.73. The van der Waals surface area contributed by atoms with Crippen LogP contribution in [0.2, 0.25) is 0 Å². The zero-order chi connectivity index (χ0) is 69.9. The van der Waals surface area contributed by atoms with E-state index in [4.69, 9.17) is 71.1 Å². The largest absolute Gasteiger partial charge is 0.394 e. The molecule has 8 rings (SSSR count). The van der Waals surface area contributed by atoms with E-state index >= 15 is 0 Å². The Morgan fingerprint density at radius 2 is 0.547 bits per heavy atom. The van der Waals surface area contributed by atoms with E-state index in [-0.39, 0.29) is 0 Å². The average Bonchev–Trinajstić information content (AvgIpc) is 0.779. The molecule has 2 amide bonds. The fourth-order valence-electron chi connectivity index (χ4n) is 12.2. The van der Waals surface area contributed by atoms with Gasteiger partial charge in [0.1, 0.15) is 195 Å². The molecule has 8 heterocycles. The molecule has 0 aromatic carbocycles. The monoisotopic (exact) mass is 1400 g/mol. The number of amides is 2. The highest BCUT2D eigenvalue weighted by atomic mass is 16.8. The number of hydrogen-bond donors (Lipinski definition) is 26. The van der Waals surface area contributed by atoms with Crippen LogP contribution in [0.1, 0.15) is 13.8 Å². The molecule has 552 valence electrons. The molecule has 95 heavy (non-hydrogen) atoms. The smallest absolute Gasteiger partial charge is 0.217 e. The molecule has 0 aliphatic carbocycles. The fourth-order valence-corrected chi connectivity index (χ4v) is 12.2. The molecule has 0 bridgehead atoms. The molecule has 43 heteroatoms. The molecule has 8 aliphatic heterocycles. The van der Waals surface area contributed by atoms with Crippen LogP contribution in [-0.4, -0.2) is 433 Å². The summed E-state index contributed by atoms with van der Waals surface area (Å²) in [6.07, 6.45) is -75.9. The number of hydrogen-bond acceptors (Lipinski definition) is 41. The van der Waals surface area contributed by atoms with Crippen LogP contribution in [0.25, 0.3) is 0 Å². The number of aliphatic hydroxyl groups is 24. The molecule has 0 unspecified atom stereocenters. The summed E-state index contributed by atoms with van der Waals surface area (Å²) in [7, 11) is 0. The van der Waals surface area contributed by atoms with Gasteiger partial charge in [-0.15, -0.1) is 0 Å². The Hall–Kier alpha value is -2.62. The van der Waals surface area contributed by atoms with E-state index < -0.39 is 310 Å². The van der Waals surface area contributed by atoms with Crippen molar-refractivity contribution in [1.82, 2.24) is 10.6 Å². The Morgan fingerprint density at radius 3 is 0.916 bits per heavy atom. The van der Waals surface area contributed by atoms with E-state index in [1.807, 2.05) is 0 Å². The van der Waals surface area contributed by atoms with Crippen LogP contribution in [0, 0.1) is 0 Å². The van der Waals surface area contributed by atoms with Crippen LogP contribution < -0.4 is 10.6 Å². The lowest BCUT2D eigenvalue weighted by Gasteiger charge is -2.50. The van der Waals surface area contributed by atoms with E-state index in [1.165, 1.54) is 0 Å². The van der Waals surface area contributed by atoms with Crippen molar-refractivity contribution >= 4 is 11.8 Å². The summed E-state index contributed by atoms with van der Waals surface area (Å²) in [5, 5.41) is 264. The van der Waals surface area contributed by atoms with Crippen molar-refractivity contribution in [1.29, 1.82) is 0 Å². The van der Waals surface area contributed by atoms with Crippen molar-refractivity contribution in [2.45, 2.75) is 259 Å². The van der Waals surface area contributed by atoms with E-state index in [0.29, 0.717) is 0 Å². The quantitative estimate of drug-likeness (QED) is 0.0427. The van der Waals surface area contributed by atoms with Gasteiger partial charge in [0.2, 0.25) is 11.8 Å². The number of rotatable bonds is 24. The van der Waals surface area contributed by atoms with E-state index in [2.05, 4.69) is 10.6 Å². The van der Waals surface area contributed by atoms with Crippen LogP contribution in [0.3, 0.4) is 0 Å². The van der Waals surface area contributed by atoms with Crippen LogP contribution in [0.4, 0.5) is 0 Å². The highest BCUT2D eigenvalue weighted by Gasteiger charge is 2.59. The first-order valence-corrected chi connectivity index (χ1v) is 30.1. The first kappa shape index (κ1) is 78.1. The summed E-state index contributed by atoms with van der Waals surface area (Å²) < 4.78 is 86.1. The van der Waals surface area contributed by atoms with Crippen LogP contribution >= 0.6 is 0 Å². The summed E-state index contributed by atoms with van der Waals surface area (Å²) in [5.74, 6) is -1.84. The summed E-state index contributed by atoms with van der Waals surface area (Å²) in [5.41, 5.74) is 0. The molecule has 43 nitrogen and oxygen atoms in total. The third-order valence-electron chi connectivity index (χ3n) is 17.4. The first-order chi connectivity index (χ1) is 45.0. The summed E-state index contributed by atoms with van der Waals surface area (Å²) in [4.78, 5) is 25.7. The second-order valence-electron chi connectivity index (χ2n) is 23.9. The minimum Gasteiger partial charge on any atom is -0.394 e. The van der Waals surface area contributed by atoms with Gasteiger partial charge in [0.15, 0.2) is 50.3 Å². The lowest BCUT2D eigenvalue weighted by Crippen LogP contribution is -2.70. The maximum Gasteiger partial charge on any atom is 0.217 e. The second-order valence-corrected chi connectivity index (χ2v) is 23.9. The third-order valence-corrected chi connectivity index (χ3v) is 17.4. The highest BCUT2D eigenvalue weighted by Crippen LogP contribution is 2.38. The molecule has 0 aromatic rings. The molecule has 0 spiro atoms. The van der Waals surface area contributed by atoms with Crippen molar-refractivity contribution in [3.05, 3.63) is 0 Å². The maximum absolute atomic E-state index is 12.9. The standard InChI is InChI=1S/C52H88N2O41/c1-11(62)53-21-28(69)39(90-50-36(77)42(25(66)15(5-57)85-50)94-48-34(75)30(71)23(64)13(3-55)83-48)18(8-60)87-46(21)81-10-20-27(68)44(38(79)52(89-20)92-41-17(7-59)82-45(80)33(74)32(41)73)93-47-22(54-12(2)63)29(70)40(19(9-61)88-47)91-51-37(78)43(26(67)16(6-58)86-51)95-49-35(76)31(72)24(65)14(4-56)84-49/h13-52,55-61,64-80H,3-10H2,1-2H3,(H,53,62)(H,54,63)/t13-,14-,15-,16-,17-,18-,19-,20-,21-,22-,23+,24+,25+,26+,27+,28-,29-,30+,31+,32-,33-,34-,35-,36-,37-,38-,39-,40-,41-,42+,43+,44+,45-,46-,47+,48-,49-,50+,51+,52+/m1/s1. The average molecular weight is 1400 g/mol. The second kappa shape index (κ2) is 33.9. The lowest BCUT2D eigenvalue weighted by atomic mass is 9.94.